The smallest absolute Gasteiger partial charge is 0.264 e. The topological polar surface area (TPSA) is 97.3 Å². The molecule has 5 heterocycles. The molecule has 10 nitrogen and oxygen atoms in total. The Balaban J connectivity index is 1.40. The van der Waals surface area contributed by atoms with Gasteiger partial charge in [-0.05, 0) is 31.2 Å². The summed E-state index contributed by atoms with van der Waals surface area (Å²) in [4.78, 5) is 25.7. The number of likely N-dealkylation sites (N-methyl/N-ethyl adjacent to an activating group) is 1. The van der Waals surface area contributed by atoms with Crippen LogP contribution in [0.1, 0.15) is 5.82 Å². The minimum absolute atomic E-state index is 0.0914. The van der Waals surface area contributed by atoms with Crippen molar-refractivity contribution in [2.24, 2.45) is 7.05 Å². The number of fused-ring (bicyclic) bond motifs is 2. The second kappa shape index (κ2) is 5.98. The highest BCUT2D eigenvalue weighted by atomic mass is 16.1. The van der Waals surface area contributed by atoms with Crippen LogP contribution in [0.2, 0.25) is 0 Å². The Morgan fingerprint density at radius 2 is 2.00 bits per heavy atom. The highest BCUT2D eigenvalue weighted by Crippen LogP contribution is 2.24. The Hall–Kier alpha value is -3.56. The molecule has 1 saturated heterocycles. The van der Waals surface area contributed by atoms with Crippen molar-refractivity contribution in [2.45, 2.75) is 13.0 Å². The van der Waals surface area contributed by atoms with Gasteiger partial charge in [0.05, 0.1) is 11.4 Å². The van der Waals surface area contributed by atoms with Gasteiger partial charge in [-0.15, -0.1) is 15.3 Å². The summed E-state index contributed by atoms with van der Waals surface area (Å²) >= 11 is 0. The van der Waals surface area contributed by atoms with Crippen LogP contribution in [0.15, 0.2) is 35.3 Å². The molecule has 142 valence electrons. The molecular weight excluding hydrogens is 358 g/mol. The van der Waals surface area contributed by atoms with Crippen molar-refractivity contribution in [1.82, 2.24) is 34.3 Å². The number of hydrogen-bond donors (Lipinski definition) is 0. The second-order valence-electron chi connectivity index (χ2n) is 7.03. The number of rotatable bonds is 3. The Morgan fingerprint density at radius 1 is 1.18 bits per heavy atom. The first-order valence-electron chi connectivity index (χ1n) is 9.01. The molecule has 1 fully saturated rings. The van der Waals surface area contributed by atoms with Crippen molar-refractivity contribution in [3.63, 3.8) is 0 Å². The Bertz CT molecular complexity index is 1260. The van der Waals surface area contributed by atoms with Gasteiger partial charge < -0.3 is 9.80 Å². The molecule has 0 amide bonds. The molecule has 1 aliphatic rings. The fraction of sp³-hybridized carbons (Fsp3) is 0.333. The molecule has 0 aliphatic carbocycles. The first-order valence-corrected chi connectivity index (χ1v) is 9.01. The fourth-order valence-electron chi connectivity index (χ4n) is 3.52. The molecule has 0 unspecified atom stereocenters. The summed E-state index contributed by atoms with van der Waals surface area (Å²) in [6.07, 6.45) is 1.65. The summed E-state index contributed by atoms with van der Waals surface area (Å²) in [5, 5.41) is 13.2. The molecule has 0 saturated carbocycles. The van der Waals surface area contributed by atoms with Crippen LogP contribution in [-0.4, -0.2) is 60.5 Å². The number of aromatic nitrogens is 7. The number of anilines is 2. The van der Waals surface area contributed by atoms with E-state index in [2.05, 4.69) is 30.2 Å². The van der Waals surface area contributed by atoms with Gasteiger partial charge in [-0.3, -0.25) is 9.36 Å². The van der Waals surface area contributed by atoms with E-state index in [0.29, 0.717) is 17.0 Å². The summed E-state index contributed by atoms with van der Waals surface area (Å²) in [7, 11) is 3.70. The zero-order chi connectivity index (χ0) is 19.4. The molecule has 0 bridgehead atoms. The molecule has 4 aromatic heterocycles. The largest absolute Gasteiger partial charge is 0.351 e. The van der Waals surface area contributed by atoms with E-state index in [1.54, 1.807) is 34.5 Å². The maximum Gasteiger partial charge on any atom is 0.264 e. The highest BCUT2D eigenvalue weighted by Gasteiger charge is 2.33. The maximum absolute atomic E-state index is 12.6. The predicted molar refractivity (Wildman–Crippen MR) is 105 cm³/mol. The van der Waals surface area contributed by atoms with Crippen molar-refractivity contribution >= 4 is 28.4 Å². The molecule has 1 aliphatic heterocycles. The van der Waals surface area contributed by atoms with E-state index >= 15 is 0 Å². The lowest BCUT2D eigenvalue weighted by Gasteiger charge is -2.45. The monoisotopic (exact) mass is 377 g/mol. The molecule has 0 radical (unpaired) electrons. The van der Waals surface area contributed by atoms with Gasteiger partial charge in [0.2, 0.25) is 5.95 Å². The predicted octanol–water partition coefficient (Wildman–Crippen LogP) is 0.400. The van der Waals surface area contributed by atoms with Crippen LogP contribution in [0.3, 0.4) is 0 Å². The van der Waals surface area contributed by atoms with Gasteiger partial charge in [-0.1, -0.05) is 0 Å². The van der Waals surface area contributed by atoms with Gasteiger partial charge >= 0.3 is 0 Å². The number of hydrogen-bond acceptors (Lipinski definition) is 8. The first kappa shape index (κ1) is 16.6. The van der Waals surface area contributed by atoms with Crippen LogP contribution in [-0.2, 0) is 7.05 Å². The molecule has 28 heavy (non-hydrogen) atoms. The van der Waals surface area contributed by atoms with Gasteiger partial charge in [0.1, 0.15) is 5.82 Å². The van der Waals surface area contributed by atoms with Crippen LogP contribution in [0.25, 0.3) is 16.7 Å². The standard InChI is InChI=1S/C18H19N9O/c1-11-21-22-14-6-7-15(23-27(11)14)26-9-12(10-26)24(2)18-20-16-13(5-4-8-19-16)17(28)25(18)3/h4-8,12H,9-10H2,1-3H3. The number of pyridine rings is 1. The average molecular weight is 377 g/mol. The van der Waals surface area contributed by atoms with Crippen LogP contribution in [0, 0.1) is 6.92 Å². The summed E-state index contributed by atoms with van der Waals surface area (Å²) in [6, 6.07) is 7.59. The SMILES string of the molecule is Cc1nnc2ccc(N3CC(N(C)c4nc5ncccc5c(=O)n4C)C3)nn12. The van der Waals surface area contributed by atoms with E-state index in [1.807, 2.05) is 31.0 Å². The van der Waals surface area contributed by atoms with Crippen LogP contribution >= 0.6 is 0 Å². The van der Waals surface area contributed by atoms with Crippen molar-refractivity contribution in [1.29, 1.82) is 0 Å². The normalized spacial score (nSPS) is 14.6. The van der Waals surface area contributed by atoms with Crippen molar-refractivity contribution in [3.05, 3.63) is 46.6 Å². The van der Waals surface area contributed by atoms with E-state index in [4.69, 9.17) is 0 Å². The van der Waals surface area contributed by atoms with E-state index in [1.165, 1.54) is 0 Å². The van der Waals surface area contributed by atoms with E-state index in [0.717, 1.165) is 30.4 Å². The summed E-state index contributed by atoms with van der Waals surface area (Å²) in [5.41, 5.74) is 1.11. The van der Waals surface area contributed by atoms with Gasteiger partial charge in [0.15, 0.2) is 17.1 Å². The van der Waals surface area contributed by atoms with Crippen LogP contribution < -0.4 is 15.4 Å². The minimum atomic E-state index is -0.0914. The third kappa shape index (κ3) is 2.41. The molecule has 0 spiro atoms. The molecular formula is C18H19N9O. The van der Waals surface area contributed by atoms with Gasteiger partial charge in [0, 0.05) is 33.4 Å². The lowest BCUT2D eigenvalue weighted by Crippen LogP contribution is -2.60. The average Bonchev–Trinajstić information content (AvgIpc) is 3.04. The Morgan fingerprint density at radius 3 is 2.82 bits per heavy atom. The van der Waals surface area contributed by atoms with Gasteiger partial charge in [0.25, 0.3) is 5.56 Å². The maximum atomic E-state index is 12.6. The molecule has 4 aromatic rings. The zero-order valence-electron chi connectivity index (χ0n) is 15.8. The Kier molecular flexibility index (Phi) is 3.54. The molecule has 5 rings (SSSR count). The third-order valence-electron chi connectivity index (χ3n) is 5.28. The van der Waals surface area contributed by atoms with Crippen LogP contribution in [0.4, 0.5) is 11.8 Å². The van der Waals surface area contributed by atoms with Crippen LogP contribution in [0.5, 0.6) is 0 Å². The summed E-state index contributed by atoms with van der Waals surface area (Å²) in [6.45, 7) is 3.45. The molecule has 0 atom stereocenters. The molecule has 0 N–H and O–H groups in total. The molecule has 0 aromatic carbocycles. The second-order valence-corrected chi connectivity index (χ2v) is 7.03. The quantitative estimate of drug-likeness (QED) is 0.506. The van der Waals surface area contributed by atoms with Crippen molar-refractivity contribution in [2.75, 3.05) is 29.9 Å². The van der Waals surface area contributed by atoms with Crippen molar-refractivity contribution < 1.29 is 0 Å². The lowest BCUT2D eigenvalue weighted by atomic mass is 10.1. The lowest BCUT2D eigenvalue weighted by molar-refractivity contribution is 0.479. The molecule has 10 heteroatoms. The summed E-state index contributed by atoms with van der Waals surface area (Å²) in [5.74, 6) is 2.25. The number of nitrogens with zero attached hydrogens (tertiary/aromatic N) is 9. The Labute approximate surface area is 160 Å². The fourth-order valence-corrected chi connectivity index (χ4v) is 3.52. The van der Waals surface area contributed by atoms with E-state index in [-0.39, 0.29) is 11.6 Å². The minimum Gasteiger partial charge on any atom is -0.351 e. The first-order chi connectivity index (χ1) is 13.5. The zero-order valence-corrected chi connectivity index (χ0v) is 15.8. The van der Waals surface area contributed by atoms with E-state index < -0.39 is 0 Å². The number of aryl methyl sites for hydroxylation is 1. The highest BCUT2D eigenvalue weighted by molar-refractivity contribution is 5.74. The van der Waals surface area contributed by atoms with Gasteiger partial charge in [-0.25, -0.2) is 4.98 Å². The van der Waals surface area contributed by atoms with Crippen molar-refractivity contribution in [3.8, 4) is 0 Å². The van der Waals surface area contributed by atoms with Gasteiger partial charge in [-0.2, -0.15) is 9.50 Å². The third-order valence-corrected chi connectivity index (χ3v) is 5.28. The summed E-state index contributed by atoms with van der Waals surface area (Å²) < 4.78 is 3.32. The van der Waals surface area contributed by atoms with E-state index in [9.17, 15) is 4.79 Å².